The minimum Gasteiger partial charge on any atom is -0.472 e. The molecule has 4 aliphatic carbocycles. The first-order chi connectivity index (χ1) is 8.79. The van der Waals surface area contributed by atoms with E-state index in [0.29, 0.717) is 0 Å². The molecule has 1 unspecified atom stereocenters. The van der Waals surface area contributed by atoms with Crippen LogP contribution in [-0.4, -0.2) is 0 Å². The van der Waals surface area contributed by atoms with Crippen molar-refractivity contribution in [3.8, 4) is 0 Å². The van der Waals surface area contributed by atoms with E-state index in [0.717, 1.165) is 29.6 Å². The second-order valence-electron chi connectivity index (χ2n) is 6.99. The van der Waals surface area contributed by atoms with Crippen LogP contribution in [0.4, 0.5) is 0 Å². The van der Waals surface area contributed by atoms with Crippen LogP contribution in [-0.2, 0) is 0 Å². The van der Waals surface area contributed by atoms with Crippen LogP contribution in [0.5, 0.6) is 0 Å². The van der Waals surface area contributed by atoms with Crippen LogP contribution >= 0.6 is 0 Å². The fourth-order valence-electron chi connectivity index (χ4n) is 5.34. The standard InChI is InChI=1S/C16H23NO/c17-16(12-1-2-18-9-12)8-15-13-4-10-3-11(6-13)7-14(15)5-10/h1-2,9-11,13-16H,3-8,17H2. The molecule has 4 aliphatic rings. The molecule has 1 aromatic heterocycles. The van der Waals surface area contributed by atoms with E-state index >= 15 is 0 Å². The third-order valence-electron chi connectivity index (χ3n) is 5.92. The van der Waals surface area contributed by atoms with Gasteiger partial charge in [0, 0.05) is 11.6 Å². The van der Waals surface area contributed by atoms with Gasteiger partial charge in [0.25, 0.3) is 0 Å². The molecule has 2 nitrogen and oxygen atoms in total. The van der Waals surface area contributed by atoms with Gasteiger partial charge in [-0.05, 0) is 74.2 Å². The maximum absolute atomic E-state index is 6.36. The zero-order chi connectivity index (χ0) is 12.1. The summed E-state index contributed by atoms with van der Waals surface area (Å²) in [5, 5.41) is 0. The topological polar surface area (TPSA) is 39.2 Å². The highest BCUT2D eigenvalue weighted by atomic mass is 16.3. The molecule has 0 spiro atoms. The molecule has 4 saturated carbocycles. The van der Waals surface area contributed by atoms with Crippen molar-refractivity contribution in [1.82, 2.24) is 0 Å². The minimum absolute atomic E-state index is 0.186. The van der Waals surface area contributed by atoms with Crippen LogP contribution in [0.15, 0.2) is 23.0 Å². The lowest BCUT2D eigenvalue weighted by Gasteiger charge is -2.55. The third-order valence-corrected chi connectivity index (χ3v) is 5.92. The van der Waals surface area contributed by atoms with E-state index in [2.05, 4.69) is 0 Å². The van der Waals surface area contributed by atoms with Gasteiger partial charge in [-0.3, -0.25) is 0 Å². The van der Waals surface area contributed by atoms with Gasteiger partial charge >= 0.3 is 0 Å². The lowest BCUT2D eigenvalue weighted by molar-refractivity contribution is -0.0420. The molecule has 1 heterocycles. The fraction of sp³-hybridized carbons (Fsp3) is 0.750. The van der Waals surface area contributed by atoms with Gasteiger partial charge in [-0.25, -0.2) is 0 Å². The zero-order valence-electron chi connectivity index (χ0n) is 10.9. The number of nitrogens with two attached hydrogens (primary N) is 1. The molecule has 0 saturated heterocycles. The average Bonchev–Trinajstić information content (AvgIpc) is 2.86. The Kier molecular flexibility index (Phi) is 2.54. The largest absolute Gasteiger partial charge is 0.472 e. The van der Waals surface area contributed by atoms with Crippen LogP contribution in [0, 0.1) is 29.6 Å². The Morgan fingerprint density at radius 2 is 1.78 bits per heavy atom. The van der Waals surface area contributed by atoms with Crippen molar-refractivity contribution in [2.45, 2.75) is 44.6 Å². The molecule has 4 bridgehead atoms. The summed E-state index contributed by atoms with van der Waals surface area (Å²) in [4.78, 5) is 0. The summed E-state index contributed by atoms with van der Waals surface area (Å²) >= 11 is 0. The molecule has 5 rings (SSSR count). The van der Waals surface area contributed by atoms with Gasteiger partial charge in [-0.1, -0.05) is 0 Å². The lowest BCUT2D eigenvalue weighted by atomic mass is 9.51. The van der Waals surface area contributed by atoms with Crippen molar-refractivity contribution in [1.29, 1.82) is 0 Å². The third kappa shape index (κ3) is 1.73. The van der Waals surface area contributed by atoms with E-state index in [1.807, 2.05) is 12.3 Å². The van der Waals surface area contributed by atoms with Gasteiger partial charge in [0.15, 0.2) is 0 Å². The van der Waals surface area contributed by atoms with Crippen LogP contribution in [0.25, 0.3) is 0 Å². The highest BCUT2D eigenvalue weighted by Crippen LogP contribution is 2.58. The molecule has 98 valence electrons. The maximum atomic E-state index is 6.36. The van der Waals surface area contributed by atoms with Crippen LogP contribution in [0.2, 0.25) is 0 Å². The lowest BCUT2D eigenvalue weighted by Crippen LogP contribution is -2.45. The molecule has 0 radical (unpaired) electrons. The quantitative estimate of drug-likeness (QED) is 0.881. The van der Waals surface area contributed by atoms with Crippen molar-refractivity contribution >= 4 is 0 Å². The summed E-state index contributed by atoms with van der Waals surface area (Å²) in [6.45, 7) is 0. The summed E-state index contributed by atoms with van der Waals surface area (Å²) in [6.07, 6.45) is 12.3. The maximum Gasteiger partial charge on any atom is 0.0950 e. The Hall–Kier alpha value is -0.760. The molecule has 4 fully saturated rings. The molecule has 1 aromatic rings. The van der Waals surface area contributed by atoms with Gasteiger partial charge in [0.2, 0.25) is 0 Å². The predicted molar refractivity (Wildman–Crippen MR) is 70.8 cm³/mol. The SMILES string of the molecule is NC(CC1C2CC3CC(C2)CC1C3)c1ccoc1. The molecular weight excluding hydrogens is 222 g/mol. The average molecular weight is 245 g/mol. The first kappa shape index (κ1) is 11.1. The molecule has 2 heteroatoms. The molecule has 2 N–H and O–H groups in total. The van der Waals surface area contributed by atoms with E-state index in [9.17, 15) is 0 Å². The van der Waals surface area contributed by atoms with Crippen LogP contribution in [0.3, 0.4) is 0 Å². The van der Waals surface area contributed by atoms with E-state index in [1.165, 1.54) is 44.1 Å². The van der Waals surface area contributed by atoms with Crippen molar-refractivity contribution in [3.05, 3.63) is 24.2 Å². The summed E-state index contributed by atoms with van der Waals surface area (Å²) in [6, 6.07) is 2.21. The van der Waals surface area contributed by atoms with Gasteiger partial charge in [-0.2, -0.15) is 0 Å². The highest BCUT2D eigenvalue weighted by molar-refractivity contribution is 5.12. The van der Waals surface area contributed by atoms with Crippen LogP contribution in [0.1, 0.15) is 50.1 Å². The van der Waals surface area contributed by atoms with E-state index in [4.69, 9.17) is 10.2 Å². The smallest absolute Gasteiger partial charge is 0.0950 e. The molecule has 18 heavy (non-hydrogen) atoms. The molecule has 1 atom stereocenters. The first-order valence-corrected chi connectivity index (χ1v) is 7.57. The summed E-state index contributed by atoms with van der Waals surface area (Å²) < 4.78 is 5.16. The predicted octanol–water partition coefficient (Wildman–Crippen LogP) is 3.74. The summed E-state index contributed by atoms with van der Waals surface area (Å²) in [7, 11) is 0. The fourth-order valence-corrected chi connectivity index (χ4v) is 5.34. The molecular formula is C16H23NO. The summed E-state index contributed by atoms with van der Waals surface area (Å²) in [5.74, 6) is 4.99. The Morgan fingerprint density at radius 3 is 2.33 bits per heavy atom. The van der Waals surface area contributed by atoms with Gasteiger partial charge in [0.05, 0.1) is 12.5 Å². The Balaban J connectivity index is 1.49. The van der Waals surface area contributed by atoms with E-state index in [-0.39, 0.29) is 6.04 Å². The second-order valence-corrected chi connectivity index (χ2v) is 6.99. The van der Waals surface area contributed by atoms with Crippen LogP contribution < -0.4 is 5.73 Å². The Labute approximate surface area is 109 Å². The van der Waals surface area contributed by atoms with Crippen molar-refractivity contribution in [2.24, 2.45) is 35.3 Å². The van der Waals surface area contributed by atoms with Gasteiger partial charge < -0.3 is 10.2 Å². The zero-order valence-corrected chi connectivity index (χ0v) is 10.9. The van der Waals surface area contributed by atoms with Gasteiger partial charge in [0.1, 0.15) is 0 Å². The van der Waals surface area contributed by atoms with Crippen molar-refractivity contribution in [3.63, 3.8) is 0 Å². The second kappa shape index (κ2) is 4.12. The summed E-state index contributed by atoms with van der Waals surface area (Å²) in [5.41, 5.74) is 7.54. The van der Waals surface area contributed by atoms with Crippen molar-refractivity contribution < 1.29 is 4.42 Å². The van der Waals surface area contributed by atoms with E-state index < -0.39 is 0 Å². The number of rotatable bonds is 3. The van der Waals surface area contributed by atoms with Crippen molar-refractivity contribution in [2.75, 3.05) is 0 Å². The first-order valence-electron chi connectivity index (χ1n) is 7.57. The number of hydrogen-bond acceptors (Lipinski definition) is 2. The normalized spacial score (nSPS) is 43.3. The number of furan rings is 1. The van der Waals surface area contributed by atoms with Gasteiger partial charge in [-0.15, -0.1) is 0 Å². The Morgan fingerprint density at radius 1 is 1.11 bits per heavy atom. The molecule has 0 aromatic carbocycles. The Bertz CT molecular complexity index is 383. The monoisotopic (exact) mass is 245 g/mol. The molecule has 0 aliphatic heterocycles. The number of hydrogen-bond donors (Lipinski definition) is 1. The highest BCUT2D eigenvalue weighted by Gasteiger charge is 2.48. The molecule has 0 amide bonds. The van der Waals surface area contributed by atoms with E-state index in [1.54, 1.807) is 6.26 Å². The minimum atomic E-state index is 0.186.